The first-order valence-electron chi connectivity index (χ1n) is 5.12. The fourth-order valence-electron chi connectivity index (χ4n) is 1.13. The molecule has 0 rings (SSSR count). The average molecular weight is 168 g/mol. The van der Waals surface area contributed by atoms with E-state index in [9.17, 15) is 0 Å². The summed E-state index contributed by atoms with van der Waals surface area (Å²) in [5, 5.41) is 0. The van der Waals surface area contributed by atoms with Gasteiger partial charge in [0.15, 0.2) is 0 Å². The van der Waals surface area contributed by atoms with Crippen LogP contribution < -0.4 is 0 Å². The van der Waals surface area contributed by atoms with Gasteiger partial charge in [-0.1, -0.05) is 39.8 Å². The Morgan fingerprint density at radius 2 is 1.83 bits per heavy atom. The van der Waals surface area contributed by atoms with E-state index in [0.29, 0.717) is 5.41 Å². The minimum atomic E-state index is 0.515. The molecule has 0 saturated heterocycles. The van der Waals surface area contributed by atoms with Crippen molar-refractivity contribution in [1.82, 2.24) is 0 Å². The van der Waals surface area contributed by atoms with Crippen LogP contribution in [0, 0.1) is 11.3 Å². The second-order valence-corrected chi connectivity index (χ2v) is 4.60. The van der Waals surface area contributed by atoms with Crippen molar-refractivity contribution in [3.63, 3.8) is 0 Å². The molecule has 0 N–H and O–H groups in total. The Bertz CT molecular complexity index is 129. The second kappa shape index (κ2) is 5.40. The highest BCUT2D eigenvalue weighted by Gasteiger charge is 2.20. The summed E-state index contributed by atoms with van der Waals surface area (Å²) in [7, 11) is 0. The molecule has 0 aromatic rings. The van der Waals surface area contributed by atoms with E-state index in [0.717, 1.165) is 5.92 Å². The lowest BCUT2D eigenvalue weighted by atomic mass is 9.77. The summed E-state index contributed by atoms with van der Waals surface area (Å²) in [5.74, 6) is 0.795. The molecule has 0 atom stereocenters. The van der Waals surface area contributed by atoms with Gasteiger partial charge in [0.25, 0.3) is 0 Å². The number of hydrogen-bond donors (Lipinski definition) is 0. The molecule has 0 heteroatoms. The maximum absolute atomic E-state index is 2.37. The highest BCUT2D eigenvalue weighted by atomic mass is 14.3. The van der Waals surface area contributed by atoms with Crippen molar-refractivity contribution in [3.8, 4) is 0 Å². The Labute approximate surface area is 78.1 Å². The Morgan fingerprint density at radius 1 is 1.25 bits per heavy atom. The molecule has 0 amide bonds. The zero-order chi connectivity index (χ0) is 9.61. The van der Waals surface area contributed by atoms with Gasteiger partial charge in [-0.15, -0.1) is 0 Å². The van der Waals surface area contributed by atoms with E-state index >= 15 is 0 Å². The summed E-state index contributed by atoms with van der Waals surface area (Å²) in [6.45, 7) is 11.5. The first kappa shape index (κ1) is 11.7. The molecular weight excluding hydrogens is 144 g/mol. The second-order valence-electron chi connectivity index (χ2n) is 4.60. The van der Waals surface area contributed by atoms with Gasteiger partial charge >= 0.3 is 0 Å². The van der Waals surface area contributed by atoms with E-state index in [1.807, 2.05) is 0 Å². The molecule has 0 spiro atoms. The predicted octanol–water partition coefficient (Wildman–Crippen LogP) is 4.42. The van der Waals surface area contributed by atoms with Crippen LogP contribution in [-0.4, -0.2) is 0 Å². The Hall–Kier alpha value is -0.260. The van der Waals surface area contributed by atoms with Crippen LogP contribution in [0.5, 0.6) is 0 Å². The molecule has 0 saturated carbocycles. The van der Waals surface area contributed by atoms with E-state index in [2.05, 4.69) is 46.8 Å². The van der Waals surface area contributed by atoms with Crippen LogP contribution in [0.2, 0.25) is 0 Å². The van der Waals surface area contributed by atoms with Gasteiger partial charge in [0, 0.05) is 0 Å². The van der Waals surface area contributed by atoms with Crippen LogP contribution in [0.4, 0.5) is 0 Å². The molecule has 0 heterocycles. The number of rotatable bonds is 5. The van der Waals surface area contributed by atoms with Gasteiger partial charge in [-0.2, -0.15) is 0 Å². The minimum absolute atomic E-state index is 0.515. The summed E-state index contributed by atoms with van der Waals surface area (Å²) in [6.07, 6.45) is 8.32. The van der Waals surface area contributed by atoms with Gasteiger partial charge in [0.1, 0.15) is 0 Å². The summed E-state index contributed by atoms with van der Waals surface area (Å²) < 4.78 is 0. The molecule has 0 bridgehead atoms. The molecular formula is C12H24. The molecule has 0 aromatic carbocycles. The van der Waals surface area contributed by atoms with Crippen LogP contribution in [0.1, 0.15) is 53.9 Å². The third kappa shape index (κ3) is 4.58. The van der Waals surface area contributed by atoms with E-state index in [1.165, 1.54) is 19.3 Å². The quantitative estimate of drug-likeness (QED) is 0.421. The average Bonchev–Trinajstić information content (AvgIpc) is 1.98. The fourth-order valence-corrected chi connectivity index (χ4v) is 1.13. The fraction of sp³-hybridized carbons (Fsp3) is 0.833. The topological polar surface area (TPSA) is 0 Å². The number of hydrogen-bond acceptors (Lipinski definition) is 0. The number of allylic oxidation sites excluding steroid dienone is 2. The van der Waals surface area contributed by atoms with Crippen LogP contribution in [0.3, 0.4) is 0 Å². The van der Waals surface area contributed by atoms with Crippen molar-refractivity contribution in [2.45, 2.75) is 53.9 Å². The lowest BCUT2D eigenvalue weighted by Gasteiger charge is -2.28. The summed E-state index contributed by atoms with van der Waals surface area (Å²) in [6, 6.07) is 0. The van der Waals surface area contributed by atoms with Crippen LogP contribution in [0.25, 0.3) is 0 Å². The minimum Gasteiger partial charge on any atom is -0.0917 e. The SMILES string of the molecule is CC=CCCCC(C)(C)C(C)C. The van der Waals surface area contributed by atoms with Gasteiger partial charge < -0.3 is 0 Å². The summed E-state index contributed by atoms with van der Waals surface area (Å²) in [5.41, 5.74) is 0.515. The van der Waals surface area contributed by atoms with Crippen LogP contribution >= 0.6 is 0 Å². The van der Waals surface area contributed by atoms with Crippen LogP contribution in [0.15, 0.2) is 12.2 Å². The molecule has 0 aliphatic rings. The van der Waals surface area contributed by atoms with Gasteiger partial charge in [-0.05, 0) is 37.5 Å². The van der Waals surface area contributed by atoms with Crippen molar-refractivity contribution < 1.29 is 0 Å². The Morgan fingerprint density at radius 3 is 2.25 bits per heavy atom. The monoisotopic (exact) mass is 168 g/mol. The molecule has 72 valence electrons. The number of unbranched alkanes of at least 4 members (excludes halogenated alkanes) is 1. The smallest absolute Gasteiger partial charge is 0.0331 e. The van der Waals surface area contributed by atoms with Crippen molar-refractivity contribution in [1.29, 1.82) is 0 Å². The normalized spacial score (nSPS) is 13.2. The maximum atomic E-state index is 2.37. The lowest BCUT2D eigenvalue weighted by Crippen LogP contribution is -2.18. The first-order chi connectivity index (χ1) is 5.50. The van der Waals surface area contributed by atoms with Gasteiger partial charge in [0.2, 0.25) is 0 Å². The van der Waals surface area contributed by atoms with E-state index in [-0.39, 0.29) is 0 Å². The molecule has 0 aliphatic carbocycles. The van der Waals surface area contributed by atoms with E-state index in [1.54, 1.807) is 0 Å². The van der Waals surface area contributed by atoms with Crippen LogP contribution in [-0.2, 0) is 0 Å². The largest absolute Gasteiger partial charge is 0.0917 e. The van der Waals surface area contributed by atoms with Gasteiger partial charge in [-0.25, -0.2) is 0 Å². The highest BCUT2D eigenvalue weighted by Crippen LogP contribution is 2.31. The molecule has 12 heavy (non-hydrogen) atoms. The lowest BCUT2D eigenvalue weighted by molar-refractivity contribution is 0.224. The molecule has 0 fully saturated rings. The van der Waals surface area contributed by atoms with Crippen molar-refractivity contribution in [2.75, 3.05) is 0 Å². The Balaban J connectivity index is 3.61. The predicted molar refractivity (Wildman–Crippen MR) is 57.3 cm³/mol. The molecule has 0 radical (unpaired) electrons. The Kier molecular flexibility index (Phi) is 5.28. The van der Waals surface area contributed by atoms with E-state index in [4.69, 9.17) is 0 Å². The van der Waals surface area contributed by atoms with Gasteiger partial charge in [0.05, 0.1) is 0 Å². The van der Waals surface area contributed by atoms with Crippen molar-refractivity contribution in [3.05, 3.63) is 12.2 Å². The summed E-state index contributed by atoms with van der Waals surface area (Å²) >= 11 is 0. The molecule has 0 aliphatic heterocycles. The maximum Gasteiger partial charge on any atom is -0.0331 e. The highest BCUT2D eigenvalue weighted by molar-refractivity contribution is 4.79. The molecule has 0 aromatic heterocycles. The molecule has 0 nitrogen and oxygen atoms in total. The summed E-state index contributed by atoms with van der Waals surface area (Å²) in [4.78, 5) is 0. The third-order valence-electron chi connectivity index (χ3n) is 2.99. The standard InChI is InChI=1S/C12H24/c1-6-7-8-9-10-12(4,5)11(2)3/h6-7,11H,8-10H2,1-5H3. The third-order valence-corrected chi connectivity index (χ3v) is 2.99. The zero-order valence-electron chi connectivity index (χ0n) is 9.35. The van der Waals surface area contributed by atoms with Crippen molar-refractivity contribution in [2.24, 2.45) is 11.3 Å². The molecule has 0 unspecified atom stereocenters. The first-order valence-corrected chi connectivity index (χ1v) is 5.12. The van der Waals surface area contributed by atoms with E-state index < -0.39 is 0 Å². The van der Waals surface area contributed by atoms with Crippen molar-refractivity contribution >= 4 is 0 Å². The zero-order valence-corrected chi connectivity index (χ0v) is 9.35. The van der Waals surface area contributed by atoms with Gasteiger partial charge in [-0.3, -0.25) is 0 Å².